The van der Waals surface area contributed by atoms with Crippen molar-refractivity contribution in [1.29, 1.82) is 0 Å². The topological polar surface area (TPSA) is 82.5 Å². The Balaban J connectivity index is 1.51. The molecule has 7 nitrogen and oxygen atoms in total. The summed E-state index contributed by atoms with van der Waals surface area (Å²) in [6.45, 7) is 1.64. The first-order valence-corrected chi connectivity index (χ1v) is 10.0. The fraction of sp³-hybridized carbons (Fsp3) is 0.211. The molecule has 0 bridgehead atoms. The van der Waals surface area contributed by atoms with E-state index in [2.05, 4.69) is 9.82 Å². The maximum atomic E-state index is 12.7. The first kappa shape index (κ1) is 17.6. The predicted octanol–water partition coefficient (Wildman–Crippen LogP) is 2.18. The molecule has 1 aromatic heterocycles. The highest BCUT2D eigenvalue weighted by atomic mass is 32.2. The van der Waals surface area contributed by atoms with Gasteiger partial charge in [0.25, 0.3) is 0 Å². The Kier molecular flexibility index (Phi) is 4.83. The molecule has 27 heavy (non-hydrogen) atoms. The summed E-state index contributed by atoms with van der Waals surface area (Å²) in [7, 11) is -3.68. The minimum atomic E-state index is -3.68. The van der Waals surface area contributed by atoms with Crippen LogP contribution in [0.4, 0.5) is 0 Å². The van der Waals surface area contributed by atoms with Crippen molar-refractivity contribution in [3.8, 4) is 11.5 Å². The molecule has 140 valence electrons. The van der Waals surface area contributed by atoms with E-state index in [-0.39, 0.29) is 11.4 Å². The molecule has 0 spiro atoms. The molecular weight excluding hydrogens is 366 g/mol. The molecule has 1 N–H and O–H groups in total. The van der Waals surface area contributed by atoms with Gasteiger partial charge in [-0.3, -0.25) is 4.68 Å². The smallest absolute Gasteiger partial charge is 0.241 e. The van der Waals surface area contributed by atoms with E-state index >= 15 is 0 Å². The van der Waals surface area contributed by atoms with Gasteiger partial charge in [0, 0.05) is 25.0 Å². The van der Waals surface area contributed by atoms with Gasteiger partial charge < -0.3 is 9.47 Å². The Morgan fingerprint density at radius 1 is 1.00 bits per heavy atom. The van der Waals surface area contributed by atoms with Gasteiger partial charge in [-0.05, 0) is 29.3 Å². The van der Waals surface area contributed by atoms with Crippen molar-refractivity contribution in [3.63, 3.8) is 0 Å². The highest BCUT2D eigenvalue weighted by Crippen LogP contribution is 2.32. The molecular formula is C19H19N3O4S. The molecule has 0 atom stereocenters. The molecule has 0 amide bonds. The number of fused-ring (bicyclic) bond motifs is 1. The molecule has 0 radical (unpaired) electrons. The van der Waals surface area contributed by atoms with Crippen molar-refractivity contribution >= 4 is 10.0 Å². The summed E-state index contributed by atoms with van der Waals surface area (Å²) in [6, 6.07) is 14.2. The van der Waals surface area contributed by atoms with E-state index in [4.69, 9.17) is 9.47 Å². The molecule has 0 unspecified atom stereocenters. The molecule has 3 aromatic rings. The number of nitrogens with one attached hydrogen (secondary N) is 1. The molecule has 0 saturated carbocycles. The molecule has 0 fully saturated rings. The second-order valence-electron chi connectivity index (χ2n) is 6.10. The highest BCUT2D eigenvalue weighted by Gasteiger charge is 2.19. The van der Waals surface area contributed by atoms with Crippen molar-refractivity contribution in [2.75, 3.05) is 13.2 Å². The summed E-state index contributed by atoms with van der Waals surface area (Å²) < 4.78 is 40.8. The van der Waals surface area contributed by atoms with Gasteiger partial charge in [0.15, 0.2) is 11.5 Å². The standard InChI is InChI=1S/C19H19N3O4S/c23-27(24,17-6-7-18-19(12-17)26-11-10-25-18)21-13-15-4-1-2-5-16(15)14-22-9-3-8-20-22/h1-9,12,21H,10-11,13-14H2. The van der Waals surface area contributed by atoms with Gasteiger partial charge in [-0.1, -0.05) is 24.3 Å². The first-order valence-electron chi connectivity index (χ1n) is 8.55. The Labute approximate surface area is 157 Å². The number of hydrogen-bond donors (Lipinski definition) is 1. The third-order valence-electron chi connectivity index (χ3n) is 4.29. The summed E-state index contributed by atoms with van der Waals surface area (Å²) in [6.07, 6.45) is 3.59. The molecule has 1 aliphatic heterocycles. The van der Waals surface area contributed by atoms with Gasteiger partial charge in [0.05, 0.1) is 11.4 Å². The number of ether oxygens (including phenoxy) is 2. The van der Waals surface area contributed by atoms with E-state index in [0.717, 1.165) is 11.1 Å². The van der Waals surface area contributed by atoms with Gasteiger partial charge in [-0.15, -0.1) is 0 Å². The molecule has 2 heterocycles. The lowest BCUT2D eigenvalue weighted by Crippen LogP contribution is -2.24. The summed E-state index contributed by atoms with van der Waals surface area (Å²) in [5.41, 5.74) is 1.90. The first-order chi connectivity index (χ1) is 13.1. The maximum Gasteiger partial charge on any atom is 0.241 e. The predicted molar refractivity (Wildman–Crippen MR) is 99.2 cm³/mol. The number of sulfonamides is 1. The van der Waals surface area contributed by atoms with Crippen molar-refractivity contribution < 1.29 is 17.9 Å². The van der Waals surface area contributed by atoms with Gasteiger partial charge in [0.1, 0.15) is 13.2 Å². The zero-order valence-electron chi connectivity index (χ0n) is 14.5. The van der Waals surface area contributed by atoms with Crippen LogP contribution in [0, 0.1) is 0 Å². The van der Waals surface area contributed by atoms with E-state index in [1.165, 1.54) is 12.1 Å². The van der Waals surface area contributed by atoms with E-state index in [1.54, 1.807) is 16.9 Å². The molecule has 1 aliphatic rings. The van der Waals surface area contributed by atoms with Crippen molar-refractivity contribution in [3.05, 3.63) is 72.1 Å². The number of benzene rings is 2. The van der Waals surface area contributed by atoms with Gasteiger partial charge in [-0.2, -0.15) is 5.10 Å². The third kappa shape index (κ3) is 3.96. The molecule has 8 heteroatoms. The number of rotatable bonds is 6. The number of aromatic nitrogens is 2. The van der Waals surface area contributed by atoms with Crippen LogP contribution in [0.15, 0.2) is 65.8 Å². The highest BCUT2D eigenvalue weighted by molar-refractivity contribution is 7.89. The van der Waals surface area contributed by atoms with E-state index < -0.39 is 10.0 Å². The fourth-order valence-corrected chi connectivity index (χ4v) is 3.92. The largest absolute Gasteiger partial charge is 0.486 e. The van der Waals surface area contributed by atoms with Gasteiger partial charge in [0.2, 0.25) is 10.0 Å². The summed E-state index contributed by atoms with van der Waals surface area (Å²) in [4.78, 5) is 0.149. The third-order valence-corrected chi connectivity index (χ3v) is 5.69. The van der Waals surface area contributed by atoms with Crippen LogP contribution in [0.2, 0.25) is 0 Å². The quantitative estimate of drug-likeness (QED) is 0.703. The Hall–Kier alpha value is -2.84. The summed E-state index contributed by atoms with van der Waals surface area (Å²) >= 11 is 0. The molecule has 2 aromatic carbocycles. The molecule has 0 aliphatic carbocycles. The van der Waals surface area contributed by atoms with Crippen LogP contribution in [0.1, 0.15) is 11.1 Å². The minimum Gasteiger partial charge on any atom is -0.486 e. The van der Waals surface area contributed by atoms with Crippen LogP contribution >= 0.6 is 0 Å². The van der Waals surface area contributed by atoms with Crippen LogP contribution in [0.5, 0.6) is 11.5 Å². The zero-order chi connectivity index (χ0) is 18.7. The molecule has 4 rings (SSSR count). The van der Waals surface area contributed by atoms with Crippen molar-refractivity contribution in [2.45, 2.75) is 18.0 Å². The van der Waals surface area contributed by atoms with Crippen molar-refractivity contribution in [1.82, 2.24) is 14.5 Å². The van der Waals surface area contributed by atoms with E-state index in [9.17, 15) is 8.42 Å². The van der Waals surface area contributed by atoms with Gasteiger partial charge in [-0.25, -0.2) is 13.1 Å². The Morgan fingerprint density at radius 3 is 2.56 bits per heavy atom. The minimum absolute atomic E-state index is 0.149. The van der Waals surface area contributed by atoms with Crippen LogP contribution in [-0.4, -0.2) is 31.4 Å². The van der Waals surface area contributed by atoms with Crippen LogP contribution < -0.4 is 14.2 Å². The second kappa shape index (κ2) is 7.42. The Bertz CT molecular complexity index is 1030. The molecule has 0 saturated heterocycles. The van der Waals surface area contributed by atoms with Gasteiger partial charge >= 0.3 is 0 Å². The lowest BCUT2D eigenvalue weighted by Gasteiger charge is -2.19. The number of nitrogens with zero attached hydrogens (tertiary/aromatic N) is 2. The average Bonchev–Trinajstić information content (AvgIpc) is 3.20. The van der Waals surface area contributed by atoms with Crippen LogP contribution in [0.25, 0.3) is 0 Å². The second-order valence-corrected chi connectivity index (χ2v) is 7.87. The summed E-state index contributed by atoms with van der Waals surface area (Å²) in [5.74, 6) is 1.01. The lowest BCUT2D eigenvalue weighted by molar-refractivity contribution is 0.171. The fourth-order valence-electron chi connectivity index (χ4n) is 2.90. The van der Waals surface area contributed by atoms with E-state index in [0.29, 0.717) is 31.3 Å². The maximum absolute atomic E-state index is 12.7. The normalized spacial score (nSPS) is 13.5. The summed E-state index contributed by atoms with van der Waals surface area (Å²) in [5, 5.41) is 4.20. The van der Waals surface area contributed by atoms with E-state index in [1.807, 2.05) is 36.5 Å². The monoisotopic (exact) mass is 385 g/mol. The average molecular weight is 385 g/mol. The van der Waals surface area contributed by atoms with Crippen LogP contribution in [-0.2, 0) is 23.1 Å². The van der Waals surface area contributed by atoms with Crippen molar-refractivity contribution in [2.24, 2.45) is 0 Å². The number of hydrogen-bond acceptors (Lipinski definition) is 5. The van der Waals surface area contributed by atoms with Crippen LogP contribution in [0.3, 0.4) is 0 Å². The lowest BCUT2D eigenvalue weighted by atomic mass is 10.1. The zero-order valence-corrected chi connectivity index (χ0v) is 15.4. The SMILES string of the molecule is O=S(=O)(NCc1ccccc1Cn1cccn1)c1ccc2c(c1)OCCO2. The Morgan fingerprint density at radius 2 is 1.78 bits per heavy atom.